The zero-order valence-electron chi connectivity index (χ0n) is 15.7. The first-order chi connectivity index (χ1) is 13.8. The molecule has 0 amide bonds. The summed E-state index contributed by atoms with van der Waals surface area (Å²) in [4.78, 5) is 13.6. The summed E-state index contributed by atoms with van der Waals surface area (Å²) in [5, 5.41) is 9.21. The first kappa shape index (κ1) is 16.8. The summed E-state index contributed by atoms with van der Waals surface area (Å²) in [6.07, 6.45) is 4.51. The van der Waals surface area contributed by atoms with E-state index in [1.165, 1.54) is 16.5 Å². The average molecular weight is 367 g/mol. The van der Waals surface area contributed by atoms with E-state index in [0.717, 1.165) is 53.4 Å². The molecule has 2 aromatic heterocycles. The van der Waals surface area contributed by atoms with Gasteiger partial charge in [0.15, 0.2) is 0 Å². The van der Waals surface area contributed by atoms with Crippen LogP contribution >= 0.6 is 0 Å². The molecular formula is C23H21N5. The summed E-state index contributed by atoms with van der Waals surface area (Å²) in [6.45, 7) is 3.87. The van der Waals surface area contributed by atoms with Gasteiger partial charge in [-0.1, -0.05) is 30.3 Å². The Morgan fingerprint density at radius 3 is 2.79 bits per heavy atom. The molecule has 0 atom stereocenters. The summed E-state index contributed by atoms with van der Waals surface area (Å²) in [6, 6.07) is 16.8. The number of rotatable bonds is 3. The van der Waals surface area contributed by atoms with Crippen molar-refractivity contribution in [3.8, 4) is 11.3 Å². The Labute approximate surface area is 163 Å². The summed E-state index contributed by atoms with van der Waals surface area (Å²) in [7, 11) is 0. The van der Waals surface area contributed by atoms with Crippen molar-refractivity contribution in [3.05, 3.63) is 77.9 Å². The second-order valence-corrected chi connectivity index (χ2v) is 7.15. The molecule has 0 saturated heterocycles. The number of aryl methyl sites for hydroxylation is 1. The Balaban J connectivity index is 1.53. The molecule has 5 heteroatoms. The Kier molecular flexibility index (Phi) is 4.22. The molecular weight excluding hydrogens is 346 g/mol. The highest BCUT2D eigenvalue weighted by Gasteiger charge is 2.15. The highest BCUT2D eigenvalue weighted by Crippen LogP contribution is 2.30. The number of hydrogen-bond donors (Lipinski definition) is 2. The number of fused-ring (bicyclic) bond motifs is 2. The van der Waals surface area contributed by atoms with Crippen LogP contribution in [0.3, 0.4) is 0 Å². The van der Waals surface area contributed by atoms with Crippen LogP contribution in [0.5, 0.6) is 0 Å². The predicted octanol–water partition coefficient (Wildman–Crippen LogP) is 4.39. The van der Waals surface area contributed by atoms with Gasteiger partial charge in [0.2, 0.25) is 0 Å². The molecule has 0 fully saturated rings. The van der Waals surface area contributed by atoms with Crippen LogP contribution in [-0.2, 0) is 13.0 Å². The van der Waals surface area contributed by atoms with Gasteiger partial charge in [0.25, 0.3) is 0 Å². The third-order valence-corrected chi connectivity index (χ3v) is 5.29. The molecule has 0 unspecified atom stereocenters. The lowest BCUT2D eigenvalue weighted by molar-refractivity contribution is 0.624. The van der Waals surface area contributed by atoms with Crippen molar-refractivity contribution in [1.29, 1.82) is 0 Å². The average Bonchev–Trinajstić information content (AvgIpc) is 2.75. The van der Waals surface area contributed by atoms with E-state index in [4.69, 9.17) is 4.98 Å². The Morgan fingerprint density at radius 2 is 1.86 bits per heavy atom. The Morgan fingerprint density at radius 1 is 0.964 bits per heavy atom. The molecule has 0 radical (unpaired) electrons. The number of hydrogen-bond acceptors (Lipinski definition) is 5. The molecule has 0 bridgehead atoms. The van der Waals surface area contributed by atoms with Crippen LogP contribution < -0.4 is 10.6 Å². The maximum absolute atomic E-state index is 4.69. The summed E-state index contributed by atoms with van der Waals surface area (Å²) < 4.78 is 0. The number of nitrogens with zero attached hydrogens (tertiary/aromatic N) is 3. The van der Waals surface area contributed by atoms with Crippen LogP contribution in [0.1, 0.15) is 16.8 Å². The zero-order valence-corrected chi connectivity index (χ0v) is 15.7. The minimum Gasteiger partial charge on any atom is -0.340 e. The van der Waals surface area contributed by atoms with E-state index in [0.29, 0.717) is 0 Å². The number of aromatic nitrogens is 3. The van der Waals surface area contributed by atoms with Gasteiger partial charge in [-0.05, 0) is 49.0 Å². The van der Waals surface area contributed by atoms with E-state index in [9.17, 15) is 0 Å². The maximum Gasteiger partial charge on any atom is 0.137 e. The Hall–Kier alpha value is -3.31. The number of anilines is 2. The second kappa shape index (κ2) is 7.02. The van der Waals surface area contributed by atoms with Crippen LogP contribution in [0.25, 0.3) is 22.0 Å². The molecule has 4 aromatic rings. The van der Waals surface area contributed by atoms with Gasteiger partial charge in [-0.3, -0.25) is 4.98 Å². The van der Waals surface area contributed by atoms with E-state index >= 15 is 0 Å². The lowest BCUT2D eigenvalue weighted by Crippen LogP contribution is -2.25. The molecule has 0 aliphatic carbocycles. The second-order valence-electron chi connectivity index (χ2n) is 7.15. The first-order valence-electron chi connectivity index (χ1n) is 9.54. The van der Waals surface area contributed by atoms with Crippen LogP contribution in [0, 0.1) is 6.92 Å². The van der Waals surface area contributed by atoms with Gasteiger partial charge in [-0.15, -0.1) is 0 Å². The molecule has 1 aliphatic rings. The van der Waals surface area contributed by atoms with Gasteiger partial charge in [-0.25, -0.2) is 9.97 Å². The van der Waals surface area contributed by atoms with Crippen molar-refractivity contribution in [3.63, 3.8) is 0 Å². The van der Waals surface area contributed by atoms with Crippen LogP contribution in [0.2, 0.25) is 0 Å². The van der Waals surface area contributed by atoms with Crippen molar-refractivity contribution >= 4 is 22.3 Å². The third kappa shape index (κ3) is 3.10. The molecule has 5 rings (SSSR count). The monoisotopic (exact) mass is 367 g/mol. The molecule has 2 aromatic carbocycles. The van der Waals surface area contributed by atoms with E-state index in [2.05, 4.69) is 70.0 Å². The van der Waals surface area contributed by atoms with Crippen molar-refractivity contribution in [1.82, 2.24) is 20.3 Å². The minimum absolute atomic E-state index is 0.798. The van der Waals surface area contributed by atoms with Crippen molar-refractivity contribution in [2.24, 2.45) is 0 Å². The fourth-order valence-electron chi connectivity index (χ4n) is 3.74. The van der Waals surface area contributed by atoms with Crippen LogP contribution in [0.4, 0.5) is 11.5 Å². The van der Waals surface area contributed by atoms with Crippen LogP contribution in [0.15, 0.2) is 61.1 Å². The number of nitrogens with one attached hydrogen (secondary N) is 2. The van der Waals surface area contributed by atoms with Gasteiger partial charge in [0.1, 0.15) is 12.1 Å². The molecule has 138 valence electrons. The topological polar surface area (TPSA) is 62.7 Å². The summed E-state index contributed by atoms with van der Waals surface area (Å²) in [5.41, 5.74) is 6.59. The largest absolute Gasteiger partial charge is 0.340 e. The molecule has 28 heavy (non-hydrogen) atoms. The van der Waals surface area contributed by atoms with Gasteiger partial charge < -0.3 is 10.6 Å². The van der Waals surface area contributed by atoms with Crippen LogP contribution in [-0.4, -0.2) is 21.5 Å². The van der Waals surface area contributed by atoms with Crippen molar-refractivity contribution < 1.29 is 0 Å². The summed E-state index contributed by atoms with van der Waals surface area (Å²) >= 11 is 0. The normalized spacial score (nSPS) is 13.3. The number of pyridine rings is 1. The quantitative estimate of drug-likeness (QED) is 0.562. The minimum atomic E-state index is 0.798. The lowest BCUT2D eigenvalue weighted by atomic mass is 10.0. The fourth-order valence-corrected chi connectivity index (χ4v) is 3.74. The van der Waals surface area contributed by atoms with E-state index in [-0.39, 0.29) is 0 Å². The lowest BCUT2D eigenvalue weighted by Gasteiger charge is -2.19. The fraction of sp³-hybridized carbons (Fsp3) is 0.174. The molecule has 2 N–H and O–H groups in total. The van der Waals surface area contributed by atoms with Gasteiger partial charge >= 0.3 is 0 Å². The SMILES string of the molecule is Cc1ccc(Nc2ncnc3c2CCNC3)cc1-c1cc2ccccc2cn1. The highest BCUT2D eigenvalue weighted by atomic mass is 15.0. The first-order valence-corrected chi connectivity index (χ1v) is 9.54. The molecule has 3 heterocycles. The standard InChI is InChI=1S/C23H21N5/c1-15-6-7-18(28-23-19-8-9-24-13-22(19)26-14-27-23)11-20(15)21-10-16-4-2-3-5-17(16)12-25-21/h2-7,10-12,14,24H,8-9,13H2,1H3,(H,26,27,28). The number of benzene rings is 2. The smallest absolute Gasteiger partial charge is 0.137 e. The van der Waals surface area contributed by atoms with E-state index in [1.807, 2.05) is 12.3 Å². The Bertz CT molecular complexity index is 1170. The van der Waals surface area contributed by atoms with Crippen molar-refractivity contribution in [2.45, 2.75) is 19.9 Å². The molecule has 5 nitrogen and oxygen atoms in total. The van der Waals surface area contributed by atoms with Gasteiger partial charge in [0.05, 0.1) is 11.4 Å². The molecule has 0 spiro atoms. The molecule has 0 saturated carbocycles. The van der Waals surface area contributed by atoms with Gasteiger partial charge in [0, 0.05) is 34.9 Å². The maximum atomic E-state index is 4.69. The highest BCUT2D eigenvalue weighted by molar-refractivity contribution is 5.86. The predicted molar refractivity (Wildman–Crippen MR) is 113 cm³/mol. The molecule has 1 aliphatic heterocycles. The van der Waals surface area contributed by atoms with Crippen molar-refractivity contribution in [2.75, 3.05) is 11.9 Å². The van der Waals surface area contributed by atoms with E-state index < -0.39 is 0 Å². The zero-order chi connectivity index (χ0) is 18.9. The third-order valence-electron chi connectivity index (χ3n) is 5.29. The summed E-state index contributed by atoms with van der Waals surface area (Å²) in [5.74, 6) is 0.896. The van der Waals surface area contributed by atoms with E-state index in [1.54, 1.807) is 6.33 Å². The van der Waals surface area contributed by atoms with Gasteiger partial charge in [-0.2, -0.15) is 0 Å².